The molecular weight excluding hydrogens is 384 g/mol. The third kappa shape index (κ3) is 7.43. The predicted octanol–water partition coefficient (Wildman–Crippen LogP) is 8.33. The second-order valence-electron chi connectivity index (χ2n) is 6.89. The van der Waals surface area contributed by atoms with Crippen LogP contribution in [-0.2, 0) is 0 Å². The lowest BCUT2D eigenvalue weighted by atomic mass is 10.1. The first-order valence-electron chi connectivity index (χ1n) is 10.1. The Morgan fingerprint density at radius 2 is 1.38 bits per heavy atom. The molecule has 0 aliphatic carbocycles. The quantitative estimate of drug-likeness (QED) is 0.246. The van der Waals surface area contributed by atoms with Crippen LogP contribution in [0.4, 0.5) is 5.69 Å². The third-order valence-electron chi connectivity index (χ3n) is 4.71. The topological polar surface area (TPSA) is 24.7 Å². The van der Waals surface area contributed by atoms with Crippen molar-refractivity contribution in [2.24, 2.45) is 9.98 Å². The molecule has 0 saturated heterocycles. The van der Waals surface area contributed by atoms with Crippen molar-refractivity contribution in [1.29, 1.82) is 0 Å². The molecule has 0 N–H and O–H groups in total. The maximum absolute atomic E-state index is 4.42. The maximum Gasteiger partial charge on any atom is 0.0949 e. The Bertz CT molecular complexity index is 717. The number of aliphatic imine (C=N–C) groups is 2. The van der Waals surface area contributed by atoms with Crippen LogP contribution in [0.3, 0.4) is 0 Å². The molecule has 0 spiro atoms. The van der Waals surface area contributed by atoms with E-state index in [0.717, 1.165) is 28.5 Å². The van der Waals surface area contributed by atoms with E-state index in [1.165, 1.54) is 63.2 Å². The molecule has 0 unspecified atom stereocenters. The molecule has 0 aliphatic heterocycles. The highest BCUT2D eigenvalue weighted by atomic mass is 79.9. The van der Waals surface area contributed by atoms with Gasteiger partial charge in [0.1, 0.15) is 0 Å². The number of unbranched alkanes of at least 4 members (excludes halogenated alkanes) is 9. The summed E-state index contributed by atoms with van der Waals surface area (Å²) in [5.41, 5.74) is 0.927. The van der Waals surface area contributed by atoms with Crippen LogP contribution in [-0.4, -0.2) is 12.6 Å². The highest BCUT2D eigenvalue weighted by molar-refractivity contribution is 9.10. The minimum atomic E-state index is 0.828. The van der Waals surface area contributed by atoms with E-state index in [0.29, 0.717) is 0 Å². The Morgan fingerprint density at radius 1 is 0.769 bits per heavy atom. The van der Waals surface area contributed by atoms with Gasteiger partial charge in [-0.1, -0.05) is 105 Å². The number of fused-ring (bicyclic) bond motifs is 1. The number of benzene rings is 2. The van der Waals surface area contributed by atoms with Gasteiger partial charge in [-0.15, -0.1) is 0 Å². The fourth-order valence-corrected chi connectivity index (χ4v) is 3.64. The number of halogens is 1. The van der Waals surface area contributed by atoms with Crippen molar-refractivity contribution >= 4 is 38.4 Å². The SMILES string of the molecule is CCCCCCCCCCCCN=C=Nc1ccc(Br)c2ccccc12. The van der Waals surface area contributed by atoms with Crippen LogP contribution >= 0.6 is 15.9 Å². The number of nitrogens with zero attached hydrogens (tertiary/aromatic N) is 2. The number of hydrogen-bond donors (Lipinski definition) is 0. The Hall–Kier alpha value is -1.44. The van der Waals surface area contributed by atoms with Gasteiger partial charge in [0.2, 0.25) is 0 Å². The Balaban J connectivity index is 1.64. The van der Waals surface area contributed by atoms with E-state index < -0.39 is 0 Å². The molecule has 26 heavy (non-hydrogen) atoms. The molecule has 0 amide bonds. The smallest absolute Gasteiger partial charge is 0.0949 e. The lowest BCUT2D eigenvalue weighted by molar-refractivity contribution is 0.558. The van der Waals surface area contributed by atoms with Gasteiger partial charge in [-0.05, 0) is 23.9 Å². The molecule has 0 fully saturated rings. The molecule has 2 aromatic carbocycles. The Kier molecular flexibility index (Phi) is 10.3. The third-order valence-corrected chi connectivity index (χ3v) is 5.40. The summed E-state index contributed by atoms with van der Waals surface area (Å²) in [6.07, 6.45) is 13.5. The van der Waals surface area contributed by atoms with Crippen molar-refractivity contribution in [2.45, 2.75) is 71.1 Å². The van der Waals surface area contributed by atoms with Crippen LogP contribution in [0.1, 0.15) is 71.1 Å². The van der Waals surface area contributed by atoms with Gasteiger partial charge in [0.25, 0.3) is 0 Å². The van der Waals surface area contributed by atoms with E-state index in [9.17, 15) is 0 Å². The van der Waals surface area contributed by atoms with Gasteiger partial charge in [-0.3, -0.25) is 0 Å². The summed E-state index contributed by atoms with van der Waals surface area (Å²) in [6.45, 7) is 3.10. The van der Waals surface area contributed by atoms with E-state index in [1.54, 1.807) is 0 Å². The van der Waals surface area contributed by atoms with E-state index in [2.05, 4.69) is 51.0 Å². The minimum absolute atomic E-state index is 0.828. The van der Waals surface area contributed by atoms with Gasteiger partial charge >= 0.3 is 0 Å². The van der Waals surface area contributed by atoms with Gasteiger partial charge in [-0.25, -0.2) is 4.99 Å². The highest BCUT2D eigenvalue weighted by Crippen LogP contribution is 2.31. The van der Waals surface area contributed by atoms with Gasteiger partial charge in [-0.2, -0.15) is 4.99 Å². The molecule has 0 saturated carbocycles. The van der Waals surface area contributed by atoms with Crippen molar-refractivity contribution in [3.8, 4) is 0 Å². The molecule has 0 aliphatic rings. The second-order valence-corrected chi connectivity index (χ2v) is 7.74. The summed E-state index contributed by atoms with van der Waals surface area (Å²) < 4.78 is 1.09. The molecule has 2 rings (SSSR count). The van der Waals surface area contributed by atoms with E-state index in [-0.39, 0.29) is 0 Å². The molecule has 3 heteroatoms. The van der Waals surface area contributed by atoms with Gasteiger partial charge < -0.3 is 0 Å². The minimum Gasteiger partial charge on any atom is -0.225 e. The maximum atomic E-state index is 4.42. The van der Waals surface area contributed by atoms with Gasteiger partial charge in [0.15, 0.2) is 0 Å². The van der Waals surface area contributed by atoms with Crippen molar-refractivity contribution in [2.75, 3.05) is 6.54 Å². The summed E-state index contributed by atoms with van der Waals surface area (Å²) in [4.78, 5) is 8.76. The first-order chi connectivity index (χ1) is 12.8. The highest BCUT2D eigenvalue weighted by Gasteiger charge is 2.02. The molecule has 140 valence electrons. The zero-order chi connectivity index (χ0) is 18.5. The second kappa shape index (κ2) is 12.8. The van der Waals surface area contributed by atoms with Crippen molar-refractivity contribution in [3.05, 3.63) is 40.9 Å². The number of hydrogen-bond acceptors (Lipinski definition) is 2. The van der Waals surface area contributed by atoms with Gasteiger partial charge in [0, 0.05) is 16.4 Å². The van der Waals surface area contributed by atoms with E-state index >= 15 is 0 Å². The van der Waals surface area contributed by atoms with E-state index in [1.807, 2.05) is 24.3 Å². The molecule has 0 atom stereocenters. The summed E-state index contributed by atoms with van der Waals surface area (Å²) in [5, 5.41) is 2.30. The fraction of sp³-hybridized carbons (Fsp3) is 0.522. The Labute approximate surface area is 167 Å². The Morgan fingerprint density at radius 3 is 2.08 bits per heavy atom. The van der Waals surface area contributed by atoms with Crippen molar-refractivity contribution in [1.82, 2.24) is 0 Å². The molecule has 0 bridgehead atoms. The lowest BCUT2D eigenvalue weighted by Gasteiger charge is -2.02. The zero-order valence-electron chi connectivity index (χ0n) is 16.0. The van der Waals surface area contributed by atoms with Crippen LogP contribution < -0.4 is 0 Å². The molecule has 0 heterocycles. The molecule has 2 aromatic rings. The summed E-state index contributed by atoms with van der Waals surface area (Å²) >= 11 is 3.59. The van der Waals surface area contributed by atoms with Gasteiger partial charge in [0.05, 0.1) is 11.7 Å². The molecular formula is C23H31BrN2. The standard InChI is InChI=1S/C23H31BrN2/c1-2-3-4-5-6-7-8-9-10-13-18-25-19-26-23-17-16-22(24)20-14-11-12-15-21(20)23/h11-12,14-17H,2-10,13,18H2,1H3. The summed E-state index contributed by atoms with van der Waals surface area (Å²) in [5.74, 6) is 0. The normalized spacial score (nSPS) is 10.7. The first kappa shape index (κ1) is 20.9. The predicted molar refractivity (Wildman–Crippen MR) is 118 cm³/mol. The summed E-state index contributed by atoms with van der Waals surface area (Å²) in [7, 11) is 0. The summed E-state index contributed by atoms with van der Waals surface area (Å²) in [6, 6.07) is 15.2. The van der Waals surface area contributed by atoms with Crippen LogP contribution in [0.2, 0.25) is 0 Å². The van der Waals surface area contributed by atoms with Crippen LogP contribution in [0, 0.1) is 0 Å². The average molecular weight is 415 g/mol. The van der Waals surface area contributed by atoms with E-state index in [4.69, 9.17) is 0 Å². The number of rotatable bonds is 12. The lowest BCUT2D eigenvalue weighted by Crippen LogP contribution is -1.84. The molecule has 0 aromatic heterocycles. The zero-order valence-corrected chi connectivity index (χ0v) is 17.6. The fourth-order valence-electron chi connectivity index (χ4n) is 3.16. The molecule has 0 radical (unpaired) electrons. The van der Waals surface area contributed by atoms with Crippen LogP contribution in [0.15, 0.2) is 50.9 Å². The van der Waals surface area contributed by atoms with Crippen molar-refractivity contribution in [3.63, 3.8) is 0 Å². The first-order valence-corrected chi connectivity index (χ1v) is 10.9. The largest absolute Gasteiger partial charge is 0.225 e. The monoisotopic (exact) mass is 414 g/mol. The average Bonchev–Trinajstić information content (AvgIpc) is 2.67. The van der Waals surface area contributed by atoms with Crippen molar-refractivity contribution < 1.29 is 0 Å². The van der Waals surface area contributed by atoms with Crippen LogP contribution in [0.5, 0.6) is 0 Å². The molecule has 2 nitrogen and oxygen atoms in total. The van der Waals surface area contributed by atoms with Crippen LogP contribution in [0.25, 0.3) is 10.8 Å².